The van der Waals surface area contributed by atoms with Gasteiger partial charge in [-0.2, -0.15) is 0 Å². The van der Waals surface area contributed by atoms with Crippen molar-refractivity contribution in [3.63, 3.8) is 0 Å². The van der Waals surface area contributed by atoms with E-state index in [1.54, 1.807) is 0 Å². The zero-order chi connectivity index (χ0) is 10.7. The molecule has 0 radical (unpaired) electrons. The molecule has 2 rings (SSSR count). The van der Waals surface area contributed by atoms with E-state index in [2.05, 4.69) is 27.7 Å². The van der Waals surface area contributed by atoms with Gasteiger partial charge in [-0.25, -0.2) is 15.4 Å². The summed E-state index contributed by atoms with van der Waals surface area (Å²) in [6, 6.07) is 0.411. The lowest BCUT2D eigenvalue weighted by Crippen LogP contribution is -2.49. The van der Waals surface area contributed by atoms with Crippen molar-refractivity contribution in [3.05, 3.63) is 24.3 Å². The van der Waals surface area contributed by atoms with Gasteiger partial charge in [-0.3, -0.25) is 10.2 Å². The molecule has 15 heavy (non-hydrogen) atoms. The smallest absolute Gasteiger partial charge is 0.268 e. The molecule has 1 heterocycles. The molecule has 5 nitrogen and oxygen atoms in total. The van der Waals surface area contributed by atoms with Gasteiger partial charge in [-0.15, -0.1) is 0 Å². The normalized spacial score (nSPS) is 24.3. The minimum Gasteiger partial charge on any atom is -0.287 e. The number of hydrazine groups is 1. The summed E-state index contributed by atoms with van der Waals surface area (Å²) in [5.41, 5.74) is 6.11. The van der Waals surface area contributed by atoms with Gasteiger partial charge in [0.25, 0.3) is 5.91 Å². The summed E-state index contributed by atoms with van der Waals surface area (Å²) in [4.78, 5) is 19.1. The van der Waals surface area contributed by atoms with Crippen LogP contribution in [0.1, 0.15) is 30.1 Å². The van der Waals surface area contributed by atoms with E-state index in [0.29, 0.717) is 11.6 Å². The molecular formula is C10H14N4O. The van der Waals surface area contributed by atoms with E-state index < -0.39 is 0 Å². The Bertz CT molecular complexity index is 335. The first kappa shape index (κ1) is 10.0. The van der Waals surface area contributed by atoms with Crippen molar-refractivity contribution in [1.29, 1.82) is 0 Å². The molecular weight excluding hydrogens is 192 g/mol. The molecule has 1 fully saturated rings. The van der Waals surface area contributed by atoms with Crippen molar-refractivity contribution < 1.29 is 4.79 Å². The van der Waals surface area contributed by atoms with E-state index in [9.17, 15) is 4.79 Å². The van der Waals surface area contributed by atoms with Crippen LogP contribution in [0, 0.1) is 5.92 Å². The number of carbonyl (C=O) groups is 1. The van der Waals surface area contributed by atoms with Gasteiger partial charge in [-0.1, -0.05) is 6.92 Å². The molecule has 0 bridgehead atoms. The summed E-state index contributed by atoms with van der Waals surface area (Å²) in [5.74, 6) is 0.578. The van der Waals surface area contributed by atoms with E-state index in [1.807, 2.05) is 0 Å². The minimum atomic E-state index is -0.185. The van der Waals surface area contributed by atoms with Crippen LogP contribution >= 0.6 is 0 Å². The van der Waals surface area contributed by atoms with Crippen LogP contribution in [0.2, 0.25) is 0 Å². The van der Waals surface area contributed by atoms with Gasteiger partial charge < -0.3 is 0 Å². The van der Waals surface area contributed by atoms with Crippen molar-refractivity contribution in [2.75, 3.05) is 0 Å². The summed E-state index contributed by atoms with van der Waals surface area (Å²) in [6.45, 7) is 2.20. The molecule has 1 aliphatic carbocycles. The summed E-state index contributed by atoms with van der Waals surface area (Å²) in [6.07, 6.45) is 6.62. The van der Waals surface area contributed by atoms with Gasteiger partial charge >= 0.3 is 0 Å². The second kappa shape index (κ2) is 4.35. The summed E-state index contributed by atoms with van der Waals surface area (Å²) < 4.78 is 0. The maximum absolute atomic E-state index is 11.5. The van der Waals surface area contributed by atoms with Crippen LogP contribution in [0.5, 0.6) is 0 Å². The number of amides is 1. The third kappa shape index (κ3) is 2.50. The van der Waals surface area contributed by atoms with Crippen LogP contribution in [0.4, 0.5) is 0 Å². The predicted molar refractivity (Wildman–Crippen MR) is 54.8 cm³/mol. The Morgan fingerprint density at radius 2 is 2.07 bits per heavy atom. The third-order valence-corrected chi connectivity index (χ3v) is 2.59. The maximum atomic E-state index is 11.5. The summed E-state index contributed by atoms with van der Waals surface area (Å²) in [5, 5.41) is 0. The molecule has 0 saturated heterocycles. The Labute approximate surface area is 88.3 Å². The standard InChI is InChI=1S/C10H14N4O/c1-7-2-9(3-7)13-14-10(15)8-4-11-6-12-5-8/h4-7,9,13H,2-3H2,1H3,(H,14,15). The van der Waals surface area contributed by atoms with Crippen molar-refractivity contribution >= 4 is 5.91 Å². The second-order valence-electron chi connectivity index (χ2n) is 4.00. The topological polar surface area (TPSA) is 66.9 Å². The highest BCUT2D eigenvalue weighted by atomic mass is 16.2. The van der Waals surface area contributed by atoms with Crippen molar-refractivity contribution in [2.45, 2.75) is 25.8 Å². The molecule has 5 heteroatoms. The lowest BCUT2D eigenvalue weighted by atomic mass is 9.82. The van der Waals surface area contributed by atoms with E-state index in [-0.39, 0.29) is 5.91 Å². The molecule has 1 amide bonds. The van der Waals surface area contributed by atoms with Gasteiger partial charge in [-0.05, 0) is 18.8 Å². The number of hydrogen-bond acceptors (Lipinski definition) is 4. The fraction of sp³-hybridized carbons (Fsp3) is 0.500. The third-order valence-electron chi connectivity index (χ3n) is 2.59. The Kier molecular flexibility index (Phi) is 2.91. The molecule has 1 aliphatic rings. The molecule has 1 aromatic heterocycles. The Morgan fingerprint density at radius 3 is 2.67 bits per heavy atom. The zero-order valence-corrected chi connectivity index (χ0v) is 8.60. The van der Waals surface area contributed by atoms with E-state index in [1.165, 1.54) is 18.7 Å². The minimum absolute atomic E-state index is 0.185. The molecule has 1 saturated carbocycles. The maximum Gasteiger partial charge on any atom is 0.268 e. The quantitative estimate of drug-likeness (QED) is 0.707. The average Bonchev–Trinajstić information content (AvgIpc) is 2.23. The molecule has 0 unspecified atom stereocenters. The SMILES string of the molecule is CC1CC(NNC(=O)c2cncnc2)C1. The number of nitrogens with zero attached hydrogens (tertiary/aromatic N) is 2. The molecule has 1 aromatic rings. The molecule has 80 valence electrons. The average molecular weight is 206 g/mol. The van der Waals surface area contributed by atoms with Crippen LogP contribution in [0.15, 0.2) is 18.7 Å². The van der Waals surface area contributed by atoms with E-state index >= 15 is 0 Å². The number of rotatable bonds is 3. The fourth-order valence-corrected chi connectivity index (χ4v) is 1.68. The van der Waals surface area contributed by atoms with Gasteiger partial charge in [0, 0.05) is 18.4 Å². The second-order valence-corrected chi connectivity index (χ2v) is 4.00. The molecule has 0 atom stereocenters. The fourth-order valence-electron chi connectivity index (χ4n) is 1.68. The number of hydrogen-bond donors (Lipinski definition) is 2. The molecule has 0 spiro atoms. The highest BCUT2D eigenvalue weighted by Gasteiger charge is 2.25. The first-order valence-electron chi connectivity index (χ1n) is 5.06. The highest BCUT2D eigenvalue weighted by molar-refractivity contribution is 5.93. The Balaban J connectivity index is 1.78. The van der Waals surface area contributed by atoms with Crippen molar-refractivity contribution in [2.24, 2.45) is 5.92 Å². The molecule has 2 N–H and O–H groups in total. The first-order valence-corrected chi connectivity index (χ1v) is 5.06. The lowest BCUT2D eigenvalue weighted by Gasteiger charge is -2.33. The predicted octanol–water partition coefficient (Wildman–Crippen LogP) is 0.509. The van der Waals surface area contributed by atoms with Crippen LogP contribution in [0.25, 0.3) is 0 Å². The largest absolute Gasteiger partial charge is 0.287 e. The van der Waals surface area contributed by atoms with Gasteiger partial charge in [0.2, 0.25) is 0 Å². The molecule has 0 aliphatic heterocycles. The van der Waals surface area contributed by atoms with Crippen LogP contribution in [-0.4, -0.2) is 21.9 Å². The lowest BCUT2D eigenvalue weighted by molar-refractivity contribution is 0.0900. The summed E-state index contributed by atoms with van der Waals surface area (Å²) in [7, 11) is 0. The van der Waals surface area contributed by atoms with Gasteiger partial charge in [0.15, 0.2) is 0 Å². The van der Waals surface area contributed by atoms with Crippen LogP contribution in [-0.2, 0) is 0 Å². The van der Waals surface area contributed by atoms with E-state index in [0.717, 1.165) is 18.8 Å². The number of carbonyl (C=O) groups excluding carboxylic acids is 1. The number of aromatic nitrogens is 2. The van der Waals surface area contributed by atoms with Gasteiger partial charge in [0.05, 0.1) is 5.56 Å². The van der Waals surface area contributed by atoms with Crippen molar-refractivity contribution in [1.82, 2.24) is 20.8 Å². The van der Waals surface area contributed by atoms with Gasteiger partial charge in [0.1, 0.15) is 6.33 Å². The zero-order valence-electron chi connectivity index (χ0n) is 8.60. The van der Waals surface area contributed by atoms with Crippen molar-refractivity contribution in [3.8, 4) is 0 Å². The van der Waals surface area contributed by atoms with Crippen LogP contribution < -0.4 is 10.9 Å². The summed E-state index contributed by atoms with van der Waals surface area (Å²) >= 11 is 0. The molecule has 0 aromatic carbocycles. The highest BCUT2D eigenvalue weighted by Crippen LogP contribution is 2.25. The van der Waals surface area contributed by atoms with E-state index in [4.69, 9.17) is 0 Å². The Morgan fingerprint density at radius 1 is 1.40 bits per heavy atom. The Hall–Kier alpha value is -1.49. The number of nitrogens with one attached hydrogen (secondary N) is 2. The monoisotopic (exact) mass is 206 g/mol. The first-order chi connectivity index (χ1) is 7.25. The van der Waals surface area contributed by atoms with Crippen LogP contribution in [0.3, 0.4) is 0 Å².